The predicted octanol–water partition coefficient (Wildman–Crippen LogP) is 1.39. The number of rotatable bonds is 7. The molecule has 1 rings (SSSR count). The number of carbonyl (C=O) groups is 1. The standard InChI is InChI=1S/C18H37N5O/c1-7-19-16(24)18(5,6)14-21-17(20-8-2)23-11-9-22(10-12-23)13-15(3)4/h15H,7-14H2,1-6H3,(H,19,24)(H,20,21). The lowest BCUT2D eigenvalue weighted by Crippen LogP contribution is -2.53. The van der Waals surface area contributed by atoms with E-state index in [4.69, 9.17) is 4.99 Å². The van der Waals surface area contributed by atoms with Crippen LogP contribution in [0.2, 0.25) is 0 Å². The summed E-state index contributed by atoms with van der Waals surface area (Å²) in [7, 11) is 0. The molecule has 6 heteroatoms. The van der Waals surface area contributed by atoms with Crippen molar-refractivity contribution >= 4 is 11.9 Å². The molecule has 0 atom stereocenters. The fourth-order valence-corrected chi connectivity index (χ4v) is 2.83. The van der Waals surface area contributed by atoms with Crippen LogP contribution in [0.25, 0.3) is 0 Å². The molecule has 0 spiro atoms. The zero-order valence-electron chi connectivity index (χ0n) is 16.5. The molecule has 0 radical (unpaired) electrons. The number of aliphatic imine (C=N–C) groups is 1. The molecule has 0 unspecified atom stereocenters. The number of hydrogen-bond donors (Lipinski definition) is 2. The molecule has 0 aliphatic carbocycles. The average Bonchev–Trinajstić information content (AvgIpc) is 2.52. The van der Waals surface area contributed by atoms with Crippen LogP contribution in [-0.2, 0) is 4.79 Å². The van der Waals surface area contributed by atoms with Crippen LogP contribution in [0.3, 0.4) is 0 Å². The number of piperazine rings is 1. The van der Waals surface area contributed by atoms with Gasteiger partial charge in [0.25, 0.3) is 0 Å². The predicted molar refractivity (Wildman–Crippen MR) is 101 cm³/mol. The Hall–Kier alpha value is -1.30. The monoisotopic (exact) mass is 339 g/mol. The lowest BCUT2D eigenvalue weighted by Gasteiger charge is -2.37. The van der Waals surface area contributed by atoms with Crippen LogP contribution in [0.1, 0.15) is 41.5 Å². The van der Waals surface area contributed by atoms with Gasteiger partial charge in [0.1, 0.15) is 0 Å². The van der Waals surface area contributed by atoms with Crippen molar-refractivity contribution < 1.29 is 4.79 Å². The minimum Gasteiger partial charge on any atom is -0.357 e. The zero-order chi connectivity index (χ0) is 18.2. The van der Waals surface area contributed by atoms with E-state index in [0.717, 1.165) is 45.2 Å². The number of nitrogens with zero attached hydrogens (tertiary/aromatic N) is 3. The van der Waals surface area contributed by atoms with Crippen molar-refractivity contribution in [1.82, 2.24) is 20.4 Å². The van der Waals surface area contributed by atoms with Crippen molar-refractivity contribution in [1.29, 1.82) is 0 Å². The van der Waals surface area contributed by atoms with Crippen molar-refractivity contribution in [3.8, 4) is 0 Å². The van der Waals surface area contributed by atoms with Gasteiger partial charge < -0.3 is 15.5 Å². The number of guanidine groups is 1. The van der Waals surface area contributed by atoms with E-state index in [2.05, 4.69) is 41.2 Å². The minimum absolute atomic E-state index is 0.0614. The molecule has 1 saturated heterocycles. The normalized spacial score (nSPS) is 17.3. The van der Waals surface area contributed by atoms with Gasteiger partial charge >= 0.3 is 0 Å². The third-order valence-electron chi connectivity index (χ3n) is 4.21. The highest BCUT2D eigenvalue weighted by Crippen LogP contribution is 2.16. The summed E-state index contributed by atoms with van der Waals surface area (Å²) in [6.07, 6.45) is 0. The number of hydrogen-bond acceptors (Lipinski definition) is 3. The molecular weight excluding hydrogens is 302 g/mol. The molecule has 1 aliphatic heterocycles. The van der Waals surface area contributed by atoms with Crippen LogP contribution in [0.5, 0.6) is 0 Å². The van der Waals surface area contributed by atoms with Gasteiger partial charge in [-0.15, -0.1) is 0 Å². The molecule has 6 nitrogen and oxygen atoms in total. The molecule has 0 saturated carbocycles. The first-order valence-electron chi connectivity index (χ1n) is 9.34. The molecule has 1 amide bonds. The second kappa shape index (κ2) is 9.87. The van der Waals surface area contributed by atoms with Crippen LogP contribution in [0.4, 0.5) is 0 Å². The van der Waals surface area contributed by atoms with Crippen LogP contribution in [0.15, 0.2) is 4.99 Å². The molecule has 0 bridgehead atoms. The van der Waals surface area contributed by atoms with Gasteiger partial charge in [0.15, 0.2) is 5.96 Å². The van der Waals surface area contributed by atoms with Crippen molar-refractivity contribution in [2.24, 2.45) is 16.3 Å². The largest absolute Gasteiger partial charge is 0.357 e. The summed E-state index contributed by atoms with van der Waals surface area (Å²) in [6.45, 7) is 19.7. The lowest BCUT2D eigenvalue weighted by molar-refractivity contribution is -0.128. The van der Waals surface area contributed by atoms with E-state index < -0.39 is 5.41 Å². The van der Waals surface area contributed by atoms with E-state index in [1.54, 1.807) is 0 Å². The topological polar surface area (TPSA) is 60.0 Å². The van der Waals surface area contributed by atoms with Gasteiger partial charge in [-0.1, -0.05) is 13.8 Å². The van der Waals surface area contributed by atoms with Gasteiger partial charge in [-0.25, -0.2) is 0 Å². The first-order chi connectivity index (χ1) is 11.3. The van der Waals surface area contributed by atoms with E-state index in [1.807, 2.05) is 20.8 Å². The van der Waals surface area contributed by atoms with Crippen molar-refractivity contribution in [2.75, 3.05) is 52.4 Å². The molecule has 0 aromatic rings. The second-order valence-electron chi connectivity index (χ2n) is 7.60. The summed E-state index contributed by atoms with van der Waals surface area (Å²) in [5.41, 5.74) is -0.490. The van der Waals surface area contributed by atoms with Crippen LogP contribution < -0.4 is 10.6 Å². The lowest BCUT2D eigenvalue weighted by atomic mass is 9.92. The van der Waals surface area contributed by atoms with E-state index >= 15 is 0 Å². The summed E-state index contributed by atoms with van der Waals surface area (Å²) < 4.78 is 0. The zero-order valence-corrected chi connectivity index (χ0v) is 16.5. The highest BCUT2D eigenvalue weighted by Gasteiger charge is 2.28. The Kier molecular flexibility index (Phi) is 8.53. The number of amides is 1. The van der Waals surface area contributed by atoms with E-state index in [-0.39, 0.29) is 5.91 Å². The molecule has 2 N–H and O–H groups in total. The Morgan fingerprint density at radius 3 is 2.17 bits per heavy atom. The summed E-state index contributed by atoms with van der Waals surface area (Å²) in [6, 6.07) is 0. The number of nitrogens with one attached hydrogen (secondary N) is 2. The Morgan fingerprint density at radius 2 is 1.67 bits per heavy atom. The molecular formula is C18H37N5O. The number of carbonyl (C=O) groups excluding carboxylic acids is 1. The molecule has 0 aromatic heterocycles. The van der Waals surface area contributed by atoms with Gasteiger partial charge in [0.2, 0.25) is 5.91 Å². The van der Waals surface area contributed by atoms with E-state index in [9.17, 15) is 4.79 Å². The average molecular weight is 340 g/mol. The smallest absolute Gasteiger partial charge is 0.227 e. The first-order valence-corrected chi connectivity index (χ1v) is 9.34. The fourth-order valence-electron chi connectivity index (χ4n) is 2.83. The van der Waals surface area contributed by atoms with Crippen LogP contribution in [-0.4, -0.2) is 74.0 Å². The van der Waals surface area contributed by atoms with E-state index in [1.165, 1.54) is 0 Å². The summed E-state index contributed by atoms with van der Waals surface area (Å²) in [5.74, 6) is 1.70. The fraction of sp³-hybridized carbons (Fsp3) is 0.889. The maximum Gasteiger partial charge on any atom is 0.227 e. The summed E-state index contributed by atoms with van der Waals surface area (Å²) in [4.78, 5) is 21.7. The Balaban J connectivity index is 2.65. The van der Waals surface area contributed by atoms with Gasteiger partial charge in [-0.2, -0.15) is 0 Å². The van der Waals surface area contributed by atoms with Gasteiger partial charge in [-0.3, -0.25) is 14.7 Å². The molecule has 140 valence electrons. The highest BCUT2D eigenvalue weighted by atomic mass is 16.2. The Bertz CT molecular complexity index is 412. The summed E-state index contributed by atoms with van der Waals surface area (Å²) >= 11 is 0. The SMILES string of the molecule is CCNC(=O)C(C)(C)CN=C(NCC)N1CCN(CC(C)C)CC1. The molecule has 1 heterocycles. The minimum atomic E-state index is -0.490. The van der Waals surface area contributed by atoms with Gasteiger partial charge in [0, 0.05) is 45.8 Å². The van der Waals surface area contributed by atoms with Crippen LogP contribution in [0, 0.1) is 11.3 Å². The molecule has 24 heavy (non-hydrogen) atoms. The first kappa shape index (κ1) is 20.7. The van der Waals surface area contributed by atoms with Gasteiger partial charge in [-0.05, 0) is 33.6 Å². The van der Waals surface area contributed by atoms with Crippen molar-refractivity contribution in [3.05, 3.63) is 0 Å². The maximum atomic E-state index is 12.1. The Morgan fingerprint density at radius 1 is 1.08 bits per heavy atom. The second-order valence-corrected chi connectivity index (χ2v) is 7.60. The molecule has 1 fully saturated rings. The molecule has 0 aromatic carbocycles. The Labute approximate surface area is 148 Å². The maximum absolute atomic E-state index is 12.1. The quantitative estimate of drug-likeness (QED) is 0.544. The van der Waals surface area contributed by atoms with Crippen LogP contribution >= 0.6 is 0 Å². The summed E-state index contributed by atoms with van der Waals surface area (Å²) in [5, 5.41) is 6.27. The van der Waals surface area contributed by atoms with Gasteiger partial charge in [0.05, 0.1) is 12.0 Å². The van der Waals surface area contributed by atoms with E-state index in [0.29, 0.717) is 19.0 Å². The highest BCUT2D eigenvalue weighted by molar-refractivity contribution is 5.83. The third-order valence-corrected chi connectivity index (χ3v) is 4.21. The van der Waals surface area contributed by atoms with Crippen molar-refractivity contribution in [2.45, 2.75) is 41.5 Å². The third kappa shape index (κ3) is 6.67. The van der Waals surface area contributed by atoms with Crippen molar-refractivity contribution in [3.63, 3.8) is 0 Å². The molecule has 1 aliphatic rings.